The second-order valence-electron chi connectivity index (χ2n) is 9.21. The van der Waals surface area contributed by atoms with E-state index in [0.29, 0.717) is 6.10 Å². The number of allylic oxidation sites excluding steroid dienone is 1. The maximum Gasteiger partial charge on any atom is 0.0651 e. The minimum Gasteiger partial charge on any atom is -0.374 e. The summed E-state index contributed by atoms with van der Waals surface area (Å²) < 4.78 is 6.08. The van der Waals surface area contributed by atoms with Gasteiger partial charge in [0, 0.05) is 0 Å². The largest absolute Gasteiger partial charge is 0.374 e. The first-order valence-electron chi connectivity index (χ1n) is 11.0. The van der Waals surface area contributed by atoms with E-state index in [9.17, 15) is 0 Å². The van der Waals surface area contributed by atoms with Crippen LogP contribution in [0.3, 0.4) is 0 Å². The van der Waals surface area contributed by atoms with Gasteiger partial charge in [-0.2, -0.15) is 0 Å². The quantitative estimate of drug-likeness (QED) is 0.580. The van der Waals surface area contributed by atoms with E-state index in [0.717, 1.165) is 30.3 Å². The summed E-state index contributed by atoms with van der Waals surface area (Å²) in [6.07, 6.45) is 17.3. The number of aryl methyl sites for hydroxylation is 2. The van der Waals surface area contributed by atoms with Crippen LogP contribution in [0.2, 0.25) is 0 Å². The molecular weight excluding hydrogens is 316 g/mol. The van der Waals surface area contributed by atoms with Gasteiger partial charge in [0.25, 0.3) is 0 Å². The van der Waals surface area contributed by atoms with Crippen LogP contribution in [0.5, 0.6) is 0 Å². The van der Waals surface area contributed by atoms with Crippen molar-refractivity contribution in [2.45, 2.75) is 77.7 Å². The molecule has 0 aliphatic heterocycles. The molecule has 1 aromatic carbocycles. The molecule has 2 saturated carbocycles. The summed E-state index contributed by atoms with van der Waals surface area (Å²) in [4.78, 5) is 0. The van der Waals surface area contributed by atoms with Crippen molar-refractivity contribution in [2.75, 3.05) is 6.61 Å². The van der Waals surface area contributed by atoms with E-state index in [1.54, 1.807) is 11.1 Å². The smallest absolute Gasteiger partial charge is 0.0651 e. The minimum absolute atomic E-state index is 0.522. The van der Waals surface area contributed by atoms with E-state index >= 15 is 0 Å². The first kappa shape index (κ1) is 18.3. The highest BCUT2D eigenvalue weighted by Gasteiger charge is 2.38. The summed E-state index contributed by atoms with van der Waals surface area (Å²) >= 11 is 0. The lowest BCUT2D eigenvalue weighted by Gasteiger charge is -2.44. The van der Waals surface area contributed by atoms with Gasteiger partial charge < -0.3 is 4.74 Å². The van der Waals surface area contributed by atoms with Crippen LogP contribution < -0.4 is 0 Å². The highest BCUT2D eigenvalue weighted by Crippen LogP contribution is 2.47. The number of rotatable bonds is 4. The molecule has 4 rings (SSSR count). The van der Waals surface area contributed by atoms with Crippen molar-refractivity contribution < 1.29 is 4.74 Å². The molecule has 0 spiro atoms. The van der Waals surface area contributed by atoms with Crippen molar-refractivity contribution in [1.82, 2.24) is 0 Å². The maximum absolute atomic E-state index is 6.08. The Bertz CT molecular complexity index is 631. The first-order chi connectivity index (χ1) is 12.7. The molecule has 26 heavy (non-hydrogen) atoms. The molecule has 1 heteroatoms. The molecule has 0 radical (unpaired) electrons. The van der Waals surface area contributed by atoms with Crippen LogP contribution in [0.25, 0.3) is 0 Å². The SMILES string of the molecule is C/C=C/COC1CCC2CC(C3CCc4cc(C)ccc4C3)CCC2C1. The van der Waals surface area contributed by atoms with Crippen LogP contribution in [0.15, 0.2) is 30.4 Å². The lowest BCUT2D eigenvalue weighted by atomic mass is 9.62. The van der Waals surface area contributed by atoms with E-state index in [-0.39, 0.29) is 0 Å². The van der Waals surface area contributed by atoms with Gasteiger partial charge in [0.05, 0.1) is 12.7 Å². The Balaban J connectivity index is 1.31. The Hall–Kier alpha value is -1.08. The minimum atomic E-state index is 0.522. The zero-order valence-electron chi connectivity index (χ0n) is 16.8. The van der Waals surface area contributed by atoms with E-state index in [2.05, 4.69) is 44.2 Å². The predicted molar refractivity (Wildman–Crippen MR) is 109 cm³/mol. The number of fused-ring (bicyclic) bond motifs is 2. The van der Waals surface area contributed by atoms with E-state index in [4.69, 9.17) is 4.74 Å². The van der Waals surface area contributed by atoms with Gasteiger partial charge in [0.2, 0.25) is 0 Å². The highest BCUT2D eigenvalue weighted by atomic mass is 16.5. The van der Waals surface area contributed by atoms with Crippen LogP contribution in [-0.2, 0) is 17.6 Å². The standard InChI is InChI=1S/C25H36O/c1-3-4-13-26-25-12-11-23-16-22(9-10-24(23)17-25)21-8-7-19-14-18(2)5-6-20(19)15-21/h3-6,14,21-25H,7-13,15-17H2,1-2H3/b4-3+. The van der Waals surface area contributed by atoms with Crippen LogP contribution in [0.4, 0.5) is 0 Å². The summed E-state index contributed by atoms with van der Waals surface area (Å²) in [5, 5.41) is 0. The van der Waals surface area contributed by atoms with Crippen LogP contribution in [-0.4, -0.2) is 12.7 Å². The summed E-state index contributed by atoms with van der Waals surface area (Å²) in [6.45, 7) is 5.11. The van der Waals surface area contributed by atoms with Gasteiger partial charge in [-0.25, -0.2) is 0 Å². The van der Waals surface area contributed by atoms with Gasteiger partial charge >= 0.3 is 0 Å². The van der Waals surface area contributed by atoms with Crippen LogP contribution in [0, 0.1) is 30.6 Å². The summed E-state index contributed by atoms with van der Waals surface area (Å²) in [6, 6.07) is 7.15. The number of hydrogen-bond acceptors (Lipinski definition) is 1. The molecule has 1 aromatic rings. The summed E-state index contributed by atoms with van der Waals surface area (Å²) in [5.74, 6) is 3.84. The van der Waals surface area contributed by atoms with Crippen molar-refractivity contribution in [3.05, 3.63) is 47.0 Å². The molecule has 142 valence electrons. The fourth-order valence-electron chi connectivity index (χ4n) is 6.06. The third kappa shape index (κ3) is 4.09. The Morgan fingerprint density at radius 1 is 0.923 bits per heavy atom. The molecule has 3 aliphatic carbocycles. The van der Waals surface area contributed by atoms with Crippen molar-refractivity contribution >= 4 is 0 Å². The average molecular weight is 353 g/mol. The lowest BCUT2D eigenvalue weighted by Crippen LogP contribution is -2.37. The topological polar surface area (TPSA) is 9.23 Å². The number of hydrogen-bond donors (Lipinski definition) is 0. The molecule has 0 amide bonds. The average Bonchev–Trinajstić information content (AvgIpc) is 2.67. The molecule has 0 N–H and O–H groups in total. The molecule has 0 saturated heterocycles. The van der Waals surface area contributed by atoms with Crippen LogP contribution >= 0.6 is 0 Å². The fourth-order valence-corrected chi connectivity index (χ4v) is 6.06. The van der Waals surface area contributed by atoms with Crippen molar-refractivity contribution in [1.29, 1.82) is 0 Å². The third-order valence-electron chi connectivity index (χ3n) is 7.56. The Kier molecular flexibility index (Phi) is 5.84. The van der Waals surface area contributed by atoms with Crippen molar-refractivity contribution in [3.8, 4) is 0 Å². The van der Waals surface area contributed by atoms with Gasteiger partial charge in [-0.1, -0.05) is 35.9 Å². The lowest BCUT2D eigenvalue weighted by molar-refractivity contribution is -0.0138. The normalized spacial score (nSPS) is 34.5. The van der Waals surface area contributed by atoms with E-state index in [1.165, 1.54) is 63.4 Å². The van der Waals surface area contributed by atoms with Crippen molar-refractivity contribution in [2.24, 2.45) is 23.7 Å². The van der Waals surface area contributed by atoms with E-state index < -0.39 is 0 Å². The molecule has 5 atom stereocenters. The maximum atomic E-state index is 6.08. The van der Waals surface area contributed by atoms with Gasteiger partial charge in [0.1, 0.15) is 0 Å². The molecule has 5 unspecified atom stereocenters. The molecule has 3 aliphatic rings. The monoisotopic (exact) mass is 352 g/mol. The zero-order chi connectivity index (χ0) is 17.9. The Morgan fingerprint density at radius 3 is 2.54 bits per heavy atom. The predicted octanol–water partition coefficient (Wildman–Crippen LogP) is 6.28. The van der Waals surface area contributed by atoms with Gasteiger partial charge in [0.15, 0.2) is 0 Å². The van der Waals surface area contributed by atoms with Crippen molar-refractivity contribution in [3.63, 3.8) is 0 Å². The number of ether oxygens (including phenoxy) is 1. The van der Waals surface area contributed by atoms with Crippen LogP contribution in [0.1, 0.15) is 68.6 Å². The third-order valence-corrected chi connectivity index (χ3v) is 7.56. The molecule has 1 nitrogen and oxygen atoms in total. The summed E-state index contributed by atoms with van der Waals surface area (Å²) in [5.41, 5.74) is 4.71. The molecule has 0 heterocycles. The van der Waals surface area contributed by atoms with Gasteiger partial charge in [-0.05, 0) is 106 Å². The Morgan fingerprint density at radius 2 is 1.69 bits per heavy atom. The summed E-state index contributed by atoms with van der Waals surface area (Å²) in [7, 11) is 0. The molecule has 0 aromatic heterocycles. The second-order valence-corrected chi connectivity index (χ2v) is 9.21. The number of benzene rings is 1. The second kappa shape index (κ2) is 8.30. The van der Waals surface area contributed by atoms with Gasteiger partial charge in [-0.3, -0.25) is 0 Å². The molecule has 2 fully saturated rings. The van der Waals surface area contributed by atoms with Gasteiger partial charge in [-0.15, -0.1) is 0 Å². The zero-order valence-corrected chi connectivity index (χ0v) is 16.8. The first-order valence-corrected chi connectivity index (χ1v) is 11.0. The molecular formula is C25H36O. The molecule has 0 bridgehead atoms. The fraction of sp³-hybridized carbons (Fsp3) is 0.680. The highest BCUT2D eigenvalue weighted by molar-refractivity contribution is 5.33. The van der Waals surface area contributed by atoms with E-state index in [1.807, 2.05) is 0 Å². The Labute approximate surface area is 160 Å².